The molecule has 7 nitrogen and oxygen atoms in total. The molecule has 0 bridgehead atoms. The summed E-state index contributed by atoms with van der Waals surface area (Å²) in [5, 5.41) is 5.95. The molecular weight excluding hydrogens is 438 g/mol. The lowest BCUT2D eigenvalue weighted by Crippen LogP contribution is -2.50. The molecule has 170 valence electrons. The van der Waals surface area contributed by atoms with Gasteiger partial charge in [0.05, 0.1) is 6.04 Å². The standard InChI is InChI=1S/C25H26ClN5O2/c26-20-8-10-21(11-9-20)29-25(33)24(32)28-18-23(19-5-4-12-27-17-19)31-15-13-30(14-16-31)22-6-2-1-3-7-22/h1-12,17,23H,13-16,18H2,(H,28,32)(H,29,33). The first-order valence-corrected chi connectivity index (χ1v) is 11.3. The fourth-order valence-corrected chi connectivity index (χ4v) is 4.08. The number of carbonyl (C=O) groups excluding carboxylic acids is 2. The Morgan fingerprint density at radius 2 is 1.64 bits per heavy atom. The van der Waals surface area contributed by atoms with E-state index in [1.807, 2.05) is 36.5 Å². The summed E-state index contributed by atoms with van der Waals surface area (Å²) in [5.41, 5.74) is 2.73. The number of piperazine rings is 1. The van der Waals surface area contributed by atoms with E-state index in [1.54, 1.807) is 30.5 Å². The molecule has 3 aromatic rings. The third-order valence-electron chi connectivity index (χ3n) is 5.71. The van der Waals surface area contributed by atoms with Crippen molar-refractivity contribution in [2.75, 3.05) is 42.9 Å². The second kappa shape index (κ2) is 10.9. The number of nitrogens with zero attached hydrogens (tertiary/aromatic N) is 3. The number of aromatic nitrogens is 1. The molecule has 1 unspecified atom stereocenters. The number of amides is 2. The highest BCUT2D eigenvalue weighted by molar-refractivity contribution is 6.39. The molecule has 2 aromatic carbocycles. The molecule has 33 heavy (non-hydrogen) atoms. The van der Waals surface area contributed by atoms with Gasteiger partial charge < -0.3 is 15.5 Å². The van der Waals surface area contributed by atoms with Gasteiger partial charge in [-0.05, 0) is 48.0 Å². The highest BCUT2D eigenvalue weighted by Gasteiger charge is 2.26. The van der Waals surface area contributed by atoms with Gasteiger partial charge in [-0.3, -0.25) is 19.5 Å². The molecule has 2 heterocycles. The summed E-state index contributed by atoms with van der Waals surface area (Å²) in [6.45, 7) is 3.74. The van der Waals surface area contributed by atoms with Gasteiger partial charge in [0.1, 0.15) is 0 Å². The van der Waals surface area contributed by atoms with Crippen LogP contribution in [-0.2, 0) is 9.59 Å². The van der Waals surface area contributed by atoms with Crippen molar-refractivity contribution < 1.29 is 9.59 Å². The lowest BCUT2D eigenvalue weighted by Gasteiger charge is -2.40. The molecule has 0 aliphatic carbocycles. The normalized spacial score (nSPS) is 15.0. The predicted octanol–water partition coefficient (Wildman–Crippen LogP) is 3.35. The maximum absolute atomic E-state index is 12.5. The van der Waals surface area contributed by atoms with Gasteiger partial charge in [0, 0.05) is 61.5 Å². The zero-order valence-electron chi connectivity index (χ0n) is 18.2. The molecular formula is C25H26ClN5O2. The zero-order valence-corrected chi connectivity index (χ0v) is 18.9. The Kier molecular flexibility index (Phi) is 7.55. The molecule has 4 rings (SSSR count). The van der Waals surface area contributed by atoms with E-state index in [4.69, 9.17) is 11.6 Å². The SMILES string of the molecule is O=C(NCC(c1cccnc1)N1CCN(c2ccccc2)CC1)C(=O)Nc1ccc(Cl)cc1. The van der Waals surface area contributed by atoms with Gasteiger partial charge in [-0.1, -0.05) is 35.9 Å². The second-order valence-corrected chi connectivity index (χ2v) is 8.27. The number of para-hydroxylation sites is 1. The predicted molar refractivity (Wildman–Crippen MR) is 130 cm³/mol. The van der Waals surface area contributed by atoms with Crippen molar-refractivity contribution in [3.05, 3.63) is 89.7 Å². The molecule has 1 saturated heterocycles. The maximum atomic E-state index is 12.5. The Labute approximate surface area is 198 Å². The van der Waals surface area contributed by atoms with Crippen molar-refractivity contribution in [2.45, 2.75) is 6.04 Å². The van der Waals surface area contributed by atoms with Crippen LogP contribution < -0.4 is 15.5 Å². The minimum absolute atomic E-state index is 0.0797. The van der Waals surface area contributed by atoms with Crippen LogP contribution in [0.4, 0.5) is 11.4 Å². The van der Waals surface area contributed by atoms with Gasteiger partial charge in [-0.2, -0.15) is 0 Å². The van der Waals surface area contributed by atoms with E-state index in [9.17, 15) is 9.59 Å². The number of benzene rings is 2. The molecule has 2 amide bonds. The van der Waals surface area contributed by atoms with Crippen molar-refractivity contribution in [1.82, 2.24) is 15.2 Å². The summed E-state index contributed by atoms with van der Waals surface area (Å²) in [6, 6.07) is 20.8. The van der Waals surface area contributed by atoms with Crippen molar-refractivity contribution >= 4 is 34.8 Å². The molecule has 2 N–H and O–H groups in total. The Balaban J connectivity index is 1.38. The van der Waals surface area contributed by atoms with E-state index in [1.165, 1.54) is 5.69 Å². The zero-order chi connectivity index (χ0) is 23.0. The third kappa shape index (κ3) is 6.09. The van der Waals surface area contributed by atoms with Crippen LogP contribution in [0.5, 0.6) is 0 Å². The summed E-state index contributed by atoms with van der Waals surface area (Å²) >= 11 is 5.87. The molecule has 0 radical (unpaired) electrons. The molecule has 0 spiro atoms. The second-order valence-electron chi connectivity index (χ2n) is 7.83. The van der Waals surface area contributed by atoms with Crippen LogP contribution in [0.25, 0.3) is 0 Å². The first-order chi connectivity index (χ1) is 16.1. The van der Waals surface area contributed by atoms with E-state index < -0.39 is 11.8 Å². The number of halogens is 1. The Morgan fingerprint density at radius 3 is 2.30 bits per heavy atom. The summed E-state index contributed by atoms with van der Waals surface area (Å²) in [5.74, 6) is -1.39. The first kappa shape index (κ1) is 22.8. The fraction of sp³-hybridized carbons (Fsp3) is 0.240. The van der Waals surface area contributed by atoms with Crippen LogP contribution in [0.1, 0.15) is 11.6 Å². The number of pyridine rings is 1. The summed E-state index contributed by atoms with van der Waals surface area (Å²) in [6.07, 6.45) is 3.54. The lowest BCUT2D eigenvalue weighted by atomic mass is 10.1. The van der Waals surface area contributed by atoms with Crippen LogP contribution in [-0.4, -0.2) is 54.4 Å². The van der Waals surface area contributed by atoms with Crippen molar-refractivity contribution in [3.63, 3.8) is 0 Å². The molecule has 0 saturated carbocycles. The number of nitrogens with one attached hydrogen (secondary N) is 2. The van der Waals surface area contributed by atoms with Crippen LogP contribution in [0, 0.1) is 0 Å². The van der Waals surface area contributed by atoms with Crippen molar-refractivity contribution in [3.8, 4) is 0 Å². The van der Waals surface area contributed by atoms with Gasteiger partial charge >= 0.3 is 11.8 Å². The van der Waals surface area contributed by atoms with Crippen LogP contribution >= 0.6 is 11.6 Å². The van der Waals surface area contributed by atoms with E-state index in [-0.39, 0.29) is 6.04 Å². The van der Waals surface area contributed by atoms with E-state index in [0.717, 1.165) is 31.7 Å². The lowest BCUT2D eigenvalue weighted by molar-refractivity contribution is -0.136. The fourth-order valence-electron chi connectivity index (χ4n) is 3.95. The number of rotatable bonds is 6. The smallest absolute Gasteiger partial charge is 0.313 e. The third-order valence-corrected chi connectivity index (χ3v) is 5.96. The highest BCUT2D eigenvalue weighted by atomic mass is 35.5. The Bertz CT molecular complexity index is 1060. The maximum Gasteiger partial charge on any atom is 0.313 e. The van der Waals surface area contributed by atoms with Gasteiger partial charge in [0.25, 0.3) is 0 Å². The topological polar surface area (TPSA) is 77.6 Å². The molecule has 1 fully saturated rings. The summed E-state index contributed by atoms with van der Waals surface area (Å²) in [4.78, 5) is 33.7. The summed E-state index contributed by atoms with van der Waals surface area (Å²) in [7, 11) is 0. The van der Waals surface area contributed by atoms with E-state index >= 15 is 0 Å². The molecule has 1 aromatic heterocycles. The first-order valence-electron chi connectivity index (χ1n) is 10.9. The van der Waals surface area contributed by atoms with Gasteiger partial charge in [-0.25, -0.2) is 0 Å². The number of anilines is 2. The number of carbonyl (C=O) groups is 2. The van der Waals surface area contributed by atoms with Crippen LogP contribution in [0.3, 0.4) is 0 Å². The quantitative estimate of drug-likeness (QED) is 0.548. The minimum Gasteiger partial charge on any atom is -0.369 e. The molecule has 1 atom stereocenters. The van der Waals surface area contributed by atoms with E-state index in [0.29, 0.717) is 17.3 Å². The van der Waals surface area contributed by atoms with Gasteiger partial charge in [0.2, 0.25) is 0 Å². The average Bonchev–Trinajstić information content (AvgIpc) is 2.87. The molecule has 8 heteroatoms. The molecule has 1 aliphatic rings. The highest BCUT2D eigenvalue weighted by Crippen LogP contribution is 2.23. The summed E-state index contributed by atoms with van der Waals surface area (Å²) < 4.78 is 0. The largest absolute Gasteiger partial charge is 0.369 e. The van der Waals surface area contributed by atoms with Gasteiger partial charge in [0.15, 0.2) is 0 Å². The van der Waals surface area contributed by atoms with Crippen LogP contribution in [0.2, 0.25) is 5.02 Å². The van der Waals surface area contributed by atoms with Crippen molar-refractivity contribution in [1.29, 1.82) is 0 Å². The number of hydrogen-bond acceptors (Lipinski definition) is 5. The van der Waals surface area contributed by atoms with E-state index in [2.05, 4.69) is 37.6 Å². The average molecular weight is 464 g/mol. The number of hydrogen-bond donors (Lipinski definition) is 2. The minimum atomic E-state index is -0.712. The Hall–Kier alpha value is -3.42. The Morgan fingerprint density at radius 1 is 0.909 bits per heavy atom. The van der Waals surface area contributed by atoms with Crippen molar-refractivity contribution in [2.24, 2.45) is 0 Å². The molecule has 1 aliphatic heterocycles. The van der Waals surface area contributed by atoms with Crippen LogP contribution in [0.15, 0.2) is 79.1 Å². The van der Waals surface area contributed by atoms with Gasteiger partial charge in [-0.15, -0.1) is 0 Å². The monoisotopic (exact) mass is 463 g/mol.